The van der Waals surface area contributed by atoms with E-state index >= 15 is 0 Å². The molecule has 0 radical (unpaired) electrons. The molecule has 0 aliphatic rings. The van der Waals surface area contributed by atoms with Crippen molar-refractivity contribution >= 4 is 11.9 Å². The lowest BCUT2D eigenvalue weighted by Gasteiger charge is -1.99. The second-order valence-corrected chi connectivity index (χ2v) is 3.44. The highest BCUT2D eigenvalue weighted by molar-refractivity contribution is 6.00. The van der Waals surface area contributed by atoms with Gasteiger partial charge < -0.3 is 4.74 Å². The summed E-state index contributed by atoms with van der Waals surface area (Å²) in [6.45, 7) is 17.1. The fraction of sp³-hybridized carbons (Fsp3) is 0.333. The smallest absolute Gasteiger partial charge is 0.340 e. The molecular formula is C12H18O3. The maximum absolute atomic E-state index is 10.7. The summed E-state index contributed by atoms with van der Waals surface area (Å²) in [5.41, 5.74) is 1.55. The molecule has 0 heterocycles. The fourth-order valence-corrected chi connectivity index (χ4v) is 0.258. The fourth-order valence-electron chi connectivity index (χ4n) is 0.258. The lowest BCUT2D eigenvalue weighted by atomic mass is 10.3. The lowest BCUT2D eigenvalue weighted by Crippen LogP contribution is -2.12. The van der Waals surface area contributed by atoms with Gasteiger partial charge in [-0.15, -0.1) is 6.58 Å². The molecule has 3 nitrogen and oxygen atoms in total. The number of carbonyl (C=O) groups is 2. The van der Waals surface area contributed by atoms with Gasteiger partial charge >= 0.3 is 11.9 Å². The molecule has 0 aliphatic heterocycles. The van der Waals surface area contributed by atoms with Crippen LogP contribution in [-0.4, -0.2) is 11.9 Å². The van der Waals surface area contributed by atoms with Crippen LogP contribution in [0.3, 0.4) is 0 Å². The molecule has 15 heavy (non-hydrogen) atoms. The highest BCUT2D eigenvalue weighted by Gasteiger charge is 2.10. The molecule has 3 heteroatoms. The van der Waals surface area contributed by atoms with Gasteiger partial charge in [-0.2, -0.15) is 0 Å². The van der Waals surface area contributed by atoms with Crippen molar-refractivity contribution in [2.45, 2.75) is 27.7 Å². The van der Waals surface area contributed by atoms with E-state index in [2.05, 4.69) is 24.5 Å². The molecule has 0 atom stereocenters. The number of rotatable bonds is 2. The Balaban J connectivity index is 0. The number of carbonyl (C=O) groups excluding carboxylic acids is 2. The maximum atomic E-state index is 10.7. The third-order valence-electron chi connectivity index (χ3n) is 0.882. The van der Waals surface area contributed by atoms with Gasteiger partial charge in [0.05, 0.1) is 0 Å². The first-order valence-corrected chi connectivity index (χ1v) is 4.38. The van der Waals surface area contributed by atoms with Gasteiger partial charge in [0.15, 0.2) is 0 Å². The monoisotopic (exact) mass is 210 g/mol. The molecule has 0 spiro atoms. The van der Waals surface area contributed by atoms with Gasteiger partial charge in [0, 0.05) is 11.1 Å². The Bertz CT molecular complexity index is 270. The minimum atomic E-state index is -0.710. The first-order valence-electron chi connectivity index (χ1n) is 4.38. The third kappa shape index (κ3) is 12.4. The molecule has 0 aromatic carbocycles. The molecule has 0 saturated carbocycles. The van der Waals surface area contributed by atoms with Crippen LogP contribution in [0.15, 0.2) is 36.5 Å². The van der Waals surface area contributed by atoms with Gasteiger partial charge in [-0.05, 0) is 27.7 Å². The van der Waals surface area contributed by atoms with Crippen LogP contribution >= 0.6 is 0 Å². The Morgan fingerprint density at radius 3 is 1.13 bits per heavy atom. The zero-order valence-electron chi connectivity index (χ0n) is 9.85. The first kappa shape index (κ1) is 15.8. The van der Waals surface area contributed by atoms with Crippen molar-refractivity contribution in [1.29, 1.82) is 0 Å². The Hall–Kier alpha value is -1.64. The molecular weight excluding hydrogens is 192 g/mol. The van der Waals surface area contributed by atoms with Crippen LogP contribution in [0.25, 0.3) is 0 Å². The van der Waals surface area contributed by atoms with E-state index in [4.69, 9.17) is 0 Å². The van der Waals surface area contributed by atoms with Crippen LogP contribution in [0.1, 0.15) is 27.7 Å². The topological polar surface area (TPSA) is 43.4 Å². The van der Waals surface area contributed by atoms with E-state index in [1.807, 2.05) is 13.8 Å². The first-order chi connectivity index (χ1) is 6.68. The van der Waals surface area contributed by atoms with Crippen molar-refractivity contribution in [3.63, 3.8) is 0 Å². The number of hydrogen-bond acceptors (Lipinski definition) is 3. The Morgan fingerprint density at radius 1 is 0.800 bits per heavy atom. The second-order valence-electron chi connectivity index (χ2n) is 3.44. The van der Waals surface area contributed by atoms with Crippen molar-refractivity contribution in [2.24, 2.45) is 0 Å². The van der Waals surface area contributed by atoms with Crippen LogP contribution in [0, 0.1) is 0 Å². The highest BCUT2D eigenvalue weighted by Crippen LogP contribution is 1.97. The number of esters is 2. The molecule has 0 saturated heterocycles. The van der Waals surface area contributed by atoms with Gasteiger partial charge in [0.2, 0.25) is 0 Å². The second kappa shape index (κ2) is 7.74. The van der Waals surface area contributed by atoms with Gasteiger partial charge in [-0.1, -0.05) is 18.7 Å². The van der Waals surface area contributed by atoms with E-state index in [0.717, 1.165) is 0 Å². The van der Waals surface area contributed by atoms with Crippen molar-refractivity contribution in [3.05, 3.63) is 36.5 Å². The maximum Gasteiger partial charge on any atom is 0.340 e. The van der Waals surface area contributed by atoms with Crippen molar-refractivity contribution in [3.8, 4) is 0 Å². The molecule has 0 fully saturated rings. The lowest BCUT2D eigenvalue weighted by molar-refractivity contribution is -0.153. The predicted molar refractivity (Wildman–Crippen MR) is 61.2 cm³/mol. The summed E-state index contributed by atoms with van der Waals surface area (Å²) in [4.78, 5) is 21.3. The summed E-state index contributed by atoms with van der Waals surface area (Å²) >= 11 is 0. The van der Waals surface area contributed by atoms with E-state index < -0.39 is 11.9 Å². The van der Waals surface area contributed by atoms with Crippen LogP contribution in [0.4, 0.5) is 0 Å². The SMILES string of the molecule is C=C(C)C.C=C(C)C(=O)OC(=O)C(=C)C. The zero-order valence-corrected chi connectivity index (χ0v) is 9.85. The van der Waals surface area contributed by atoms with Crippen molar-refractivity contribution in [2.75, 3.05) is 0 Å². The van der Waals surface area contributed by atoms with Gasteiger partial charge in [-0.25, -0.2) is 9.59 Å². The Morgan fingerprint density at radius 2 is 1.00 bits per heavy atom. The zero-order chi connectivity index (χ0) is 12.6. The summed E-state index contributed by atoms with van der Waals surface area (Å²) in [6.07, 6.45) is 0. The van der Waals surface area contributed by atoms with Crippen LogP contribution in [0.5, 0.6) is 0 Å². The minimum absolute atomic E-state index is 0.194. The van der Waals surface area contributed by atoms with E-state index in [1.165, 1.54) is 19.4 Å². The largest absolute Gasteiger partial charge is 0.386 e. The van der Waals surface area contributed by atoms with Gasteiger partial charge in [0.25, 0.3) is 0 Å². The van der Waals surface area contributed by atoms with E-state index in [-0.39, 0.29) is 11.1 Å². The van der Waals surface area contributed by atoms with Crippen molar-refractivity contribution in [1.82, 2.24) is 0 Å². The van der Waals surface area contributed by atoms with Gasteiger partial charge in [-0.3, -0.25) is 0 Å². The molecule has 84 valence electrons. The standard InChI is InChI=1S/C8H10O3.C4H8/c1-5(2)7(9)11-8(10)6(3)4;1-4(2)3/h1,3H2,2,4H3;1H2,2-3H3. The van der Waals surface area contributed by atoms with Crippen molar-refractivity contribution < 1.29 is 14.3 Å². The summed E-state index contributed by atoms with van der Waals surface area (Å²) in [5, 5.41) is 0. The molecule has 0 bridgehead atoms. The highest BCUT2D eigenvalue weighted by atomic mass is 16.6. The molecule has 0 aromatic heterocycles. The van der Waals surface area contributed by atoms with Gasteiger partial charge in [0.1, 0.15) is 0 Å². The Labute approximate surface area is 91.1 Å². The summed E-state index contributed by atoms with van der Waals surface area (Å²) in [6, 6.07) is 0. The minimum Gasteiger partial charge on any atom is -0.386 e. The molecule has 0 aliphatic carbocycles. The summed E-state index contributed by atoms with van der Waals surface area (Å²) in [7, 11) is 0. The molecule has 0 rings (SSSR count). The molecule has 0 N–H and O–H groups in total. The quantitative estimate of drug-likeness (QED) is 0.304. The molecule has 0 aromatic rings. The average Bonchev–Trinajstić information content (AvgIpc) is 2.02. The molecule has 0 unspecified atom stereocenters. The average molecular weight is 210 g/mol. The third-order valence-corrected chi connectivity index (χ3v) is 0.882. The Kier molecular flexibility index (Phi) is 8.16. The summed E-state index contributed by atoms with van der Waals surface area (Å²) < 4.78 is 4.30. The number of hydrogen-bond donors (Lipinski definition) is 0. The molecule has 0 amide bonds. The normalized spacial score (nSPS) is 8.00. The van der Waals surface area contributed by atoms with Crippen LogP contribution in [0.2, 0.25) is 0 Å². The predicted octanol–water partition coefficient (Wildman–Crippen LogP) is 2.79. The van der Waals surface area contributed by atoms with E-state index in [9.17, 15) is 9.59 Å². The number of ether oxygens (including phenoxy) is 1. The van der Waals surface area contributed by atoms with E-state index in [1.54, 1.807) is 0 Å². The van der Waals surface area contributed by atoms with Crippen LogP contribution in [-0.2, 0) is 14.3 Å². The summed E-state index contributed by atoms with van der Waals surface area (Å²) in [5.74, 6) is -1.42. The van der Waals surface area contributed by atoms with Crippen LogP contribution < -0.4 is 0 Å². The van der Waals surface area contributed by atoms with E-state index in [0.29, 0.717) is 0 Å². The number of allylic oxidation sites excluding steroid dienone is 1.